The fourth-order valence-corrected chi connectivity index (χ4v) is 4.59. The van der Waals surface area contributed by atoms with Crippen LogP contribution in [0.1, 0.15) is 17.2 Å². The van der Waals surface area contributed by atoms with Crippen molar-refractivity contribution in [3.63, 3.8) is 0 Å². The summed E-state index contributed by atoms with van der Waals surface area (Å²) >= 11 is 11.8. The largest absolute Gasteiger partial charge is 0.379 e. The topological polar surface area (TPSA) is 58.6 Å². The molecule has 1 aliphatic heterocycles. The van der Waals surface area contributed by atoms with Crippen LogP contribution in [-0.2, 0) is 20.5 Å². The molecule has 0 bridgehead atoms. The van der Waals surface area contributed by atoms with Crippen LogP contribution in [0.5, 0.6) is 0 Å². The SMILES string of the molecule is O=S(=O)(Cc1ccc(Cl)c(Cl)c1)NCC(c1ccc(F)cc1)N1CCOCC1. The molecule has 5 nitrogen and oxygen atoms in total. The standard InChI is InChI=1S/C19H21Cl2FN2O3S/c20-17-6-1-14(11-18(17)21)13-28(25,26)23-12-19(24-7-9-27-10-8-24)15-2-4-16(22)5-3-15/h1-6,11,19,23H,7-10,12-13H2. The molecule has 0 aromatic heterocycles. The van der Waals surface area contributed by atoms with Gasteiger partial charge >= 0.3 is 0 Å². The molecule has 0 radical (unpaired) electrons. The maximum absolute atomic E-state index is 13.3. The van der Waals surface area contributed by atoms with Gasteiger partial charge in [-0.3, -0.25) is 4.90 Å². The van der Waals surface area contributed by atoms with Crippen LogP contribution in [0.15, 0.2) is 42.5 Å². The monoisotopic (exact) mass is 446 g/mol. The van der Waals surface area contributed by atoms with Crippen molar-refractivity contribution in [2.75, 3.05) is 32.8 Å². The highest BCUT2D eigenvalue weighted by Crippen LogP contribution is 2.24. The zero-order valence-corrected chi connectivity index (χ0v) is 17.4. The van der Waals surface area contributed by atoms with Crippen LogP contribution in [0.2, 0.25) is 10.0 Å². The lowest BCUT2D eigenvalue weighted by atomic mass is 10.0. The van der Waals surface area contributed by atoms with Crippen molar-refractivity contribution >= 4 is 33.2 Å². The number of hydrogen-bond donors (Lipinski definition) is 1. The number of sulfonamides is 1. The molecule has 1 fully saturated rings. The first-order valence-corrected chi connectivity index (χ1v) is 11.2. The van der Waals surface area contributed by atoms with Gasteiger partial charge in [0.15, 0.2) is 0 Å². The molecule has 3 rings (SSSR count). The Labute approximate surface area is 174 Å². The van der Waals surface area contributed by atoms with Crippen LogP contribution in [0.4, 0.5) is 4.39 Å². The number of nitrogens with zero attached hydrogens (tertiary/aromatic N) is 1. The Bertz CT molecular complexity index is 904. The minimum atomic E-state index is -3.60. The van der Waals surface area contributed by atoms with Gasteiger partial charge in [0.1, 0.15) is 5.82 Å². The van der Waals surface area contributed by atoms with E-state index in [1.165, 1.54) is 12.1 Å². The average molecular weight is 447 g/mol. The summed E-state index contributed by atoms with van der Waals surface area (Å²) in [6.45, 7) is 2.68. The maximum atomic E-state index is 13.3. The fraction of sp³-hybridized carbons (Fsp3) is 0.368. The Morgan fingerprint density at radius 2 is 1.75 bits per heavy atom. The second-order valence-electron chi connectivity index (χ2n) is 6.57. The summed E-state index contributed by atoms with van der Waals surface area (Å²) in [5.41, 5.74) is 1.40. The van der Waals surface area contributed by atoms with Gasteiger partial charge in [0.2, 0.25) is 10.0 Å². The van der Waals surface area contributed by atoms with Crippen LogP contribution in [0.25, 0.3) is 0 Å². The Balaban J connectivity index is 1.72. The van der Waals surface area contributed by atoms with Gasteiger partial charge in [-0.05, 0) is 35.4 Å². The van der Waals surface area contributed by atoms with Gasteiger partial charge < -0.3 is 4.74 Å². The van der Waals surface area contributed by atoms with E-state index >= 15 is 0 Å². The number of nitrogens with one attached hydrogen (secondary N) is 1. The number of hydrogen-bond acceptors (Lipinski definition) is 4. The van der Waals surface area contributed by atoms with E-state index in [1.807, 2.05) is 0 Å². The first kappa shape index (κ1) is 21.5. The predicted octanol–water partition coefficient (Wildman–Crippen LogP) is 3.63. The van der Waals surface area contributed by atoms with E-state index in [0.717, 1.165) is 5.56 Å². The molecular formula is C19H21Cl2FN2O3S. The molecule has 1 atom stereocenters. The highest BCUT2D eigenvalue weighted by molar-refractivity contribution is 7.88. The van der Waals surface area contributed by atoms with Crippen molar-refractivity contribution < 1.29 is 17.5 Å². The molecule has 1 unspecified atom stereocenters. The summed E-state index contributed by atoms with van der Waals surface area (Å²) < 4.78 is 46.5. The molecule has 1 saturated heterocycles. The van der Waals surface area contributed by atoms with Gasteiger partial charge in [0.25, 0.3) is 0 Å². The number of halogens is 3. The molecule has 2 aromatic carbocycles. The van der Waals surface area contributed by atoms with Crippen LogP contribution >= 0.6 is 23.2 Å². The molecule has 9 heteroatoms. The zero-order chi connectivity index (χ0) is 20.1. The van der Waals surface area contributed by atoms with E-state index in [2.05, 4.69) is 9.62 Å². The summed E-state index contributed by atoms with van der Waals surface area (Å²) in [5, 5.41) is 0.686. The van der Waals surface area contributed by atoms with Gasteiger partial charge in [0.05, 0.1) is 29.0 Å². The maximum Gasteiger partial charge on any atom is 0.215 e. The van der Waals surface area contributed by atoms with Gasteiger partial charge in [0, 0.05) is 25.7 Å². The Morgan fingerprint density at radius 1 is 1.07 bits per heavy atom. The molecule has 0 aliphatic carbocycles. The third-order valence-corrected chi connectivity index (χ3v) is 6.64. The van der Waals surface area contributed by atoms with Crippen molar-refractivity contribution in [1.29, 1.82) is 0 Å². The van der Waals surface area contributed by atoms with E-state index in [1.54, 1.807) is 30.3 Å². The average Bonchev–Trinajstić information content (AvgIpc) is 2.67. The van der Waals surface area contributed by atoms with Gasteiger partial charge in [-0.25, -0.2) is 17.5 Å². The van der Waals surface area contributed by atoms with Gasteiger partial charge in [-0.2, -0.15) is 0 Å². The summed E-state index contributed by atoms with van der Waals surface area (Å²) in [6.07, 6.45) is 0. The number of morpholine rings is 1. The van der Waals surface area contributed by atoms with Gasteiger partial charge in [-0.15, -0.1) is 0 Å². The second kappa shape index (κ2) is 9.52. The van der Waals surface area contributed by atoms with E-state index < -0.39 is 10.0 Å². The highest BCUT2D eigenvalue weighted by Gasteiger charge is 2.24. The minimum absolute atomic E-state index is 0.176. The van der Waals surface area contributed by atoms with Gasteiger partial charge in [-0.1, -0.05) is 41.4 Å². The van der Waals surface area contributed by atoms with Crippen LogP contribution < -0.4 is 4.72 Å². The molecule has 1 aliphatic rings. The number of benzene rings is 2. The van der Waals surface area contributed by atoms with Crippen molar-refractivity contribution in [1.82, 2.24) is 9.62 Å². The zero-order valence-electron chi connectivity index (χ0n) is 15.1. The summed E-state index contributed by atoms with van der Waals surface area (Å²) in [4.78, 5) is 2.14. The lowest BCUT2D eigenvalue weighted by Gasteiger charge is -2.34. The minimum Gasteiger partial charge on any atom is -0.379 e. The smallest absolute Gasteiger partial charge is 0.215 e. The van der Waals surface area contributed by atoms with E-state index in [0.29, 0.717) is 41.9 Å². The molecule has 0 spiro atoms. The molecular weight excluding hydrogens is 426 g/mol. The molecule has 2 aromatic rings. The van der Waals surface area contributed by atoms with Crippen LogP contribution in [-0.4, -0.2) is 46.2 Å². The van der Waals surface area contributed by atoms with E-state index in [-0.39, 0.29) is 24.2 Å². The molecule has 0 amide bonds. The molecule has 28 heavy (non-hydrogen) atoms. The predicted molar refractivity (Wildman–Crippen MR) is 109 cm³/mol. The Hall–Kier alpha value is -1.22. The quantitative estimate of drug-likeness (QED) is 0.705. The summed E-state index contributed by atoms with van der Waals surface area (Å²) in [7, 11) is -3.60. The number of ether oxygens (including phenoxy) is 1. The van der Waals surface area contributed by atoms with Crippen molar-refractivity contribution in [2.24, 2.45) is 0 Å². The molecule has 1 N–H and O–H groups in total. The molecule has 152 valence electrons. The second-order valence-corrected chi connectivity index (χ2v) is 9.19. The van der Waals surface area contributed by atoms with Crippen molar-refractivity contribution in [2.45, 2.75) is 11.8 Å². The Morgan fingerprint density at radius 3 is 2.39 bits per heavy atom. The Kier molecular flexibility index (Phi) is 7.31. The van der Waals surface area contributed by atoms with Crippen LogP contribution in [0.3, 0.4) is 0 Å². The normalized spacial score (nSPS) is 16.8. The van der Waals surface area contributed by atoms with E-state index in [9.17, 15) is 12.8 Å². The summed E-state index contributed by atoms with van der Waals surface area (Å²) in [6, 6.07) is 10.7. The first-order chi connectivity index (χ1) is 13.3. The fourth-order valence-electron chi connectivity index (χ4n) is 3.14. The number of rotatable bonds is 7. The van der Waals surface area contributed by atoms with Crippen LogP contribution in [0, 0.1) is 5.82 Å². The highest BCUT2D eigenvalue weighted by atomic mass is 35.5. The van der Waals surface area contributed by atoms with Crippen molar-refractivity contribution in [3.8, 4) is 0 Å². The molecule has 1 heterocycles. The summed E-state index contributed by atoms with van der Waals surface area (Å²) in [5.74, 6) is -0.534. The third kappa shape index (κ3) is 5.89. The molecule has 0 saturated carbocycles. The lowest BCUT2D eigenvalue weighted by Crippen LogP contribution is -2.44. The third-order valence-electron chi connectivity index (χ3n) is 4.58. The lowest BCUT2D eigenvalue weighted by molar-refractivity contribution is 0.0172. The van der Waals surface area contributed by atoms with Crippen molar-refractivity contribution in [3.05, 3.63) is 69.5 Å². The van der Waals surface area contributed by atoms with E-state index in [4.69, 9.17) is 27.9 Å². The first-order valence-electron chi connectivity index (χ1n) is 8.82.